The highest BCUT2D eigenvalue weighted by atomic mass is 35.5. The maximum atomic E-state index is 12.4. The van der Waals surface area contributed by atoms with Crippen LogP contribution in [-0.4, -0.2) is 42.9 Å². The molecule has 0 bridgehead atoms. The van der Waals surface area contributed by atoms with Crippen LogP contribution in [0.1, 0.15) is 39.0 Å². The number of nitrogens with one attached hydrogen (secondary N) is 1. The summed E-state index contributed by atoms with van der Waals surface area (Å²) in [6.07, 6.45) is 4.22. The first-order valence-electron chi connectivity index (χ1n) is 9.15. The smallest absolute Gasteiger partial charge is 0.226 e. The van der Waals surface area contributed by atoms with E-state index in [4.69, 9.17) is 11.6 Å². The van der Waals surface area contributed by atoms with E-state index >= 15 is 0 Å². The number of amides is 2. The number of likely N-dealkylation sites (tertiary alicyclic amines) is 1. The average Bonchev–Trinajstić information content (AvgIpc) is 2.98. The van der Waals surface area contributed by atoms with Gasteiger partial charge in [-0.25, -0.2) is 0 Å². The van der Waals surface area contributed by atoms with Crippen LogP contribution in [0, 0.1) is 5.92 Å². The number of carbonyl (C=O) groups excluding carboxylic acids is 2. The number of carbonyl (C=O) groups is 2. The summed E-state index contributed by atoms with van der Waals surface area (Å²) in [6.45, 7) is 5.50. The van der Waals surface area contributed by atoms with Gasteiger partial charge in [0.15, 0.2) is 0 Å². The van der Waals surface area contributed by atoms with Crippen LogP contribution in [-0.2, 0) is 9.59 Å². The van der Waals surface area contributed by atoms with Crippen LogP contribution in [0.25, 0.3) is 0 Å². The Balaban J connectivity index is 1.65. The third-order valence-electron chi connectivity index (χ3n) is 5.01. The number of piperidine rings is 1. The molecule has 2 heterocycles. The lowest BCUT2D eigenvalue weighted by Crippen LogP contribution is -2.35. The van der Waals surface area contributed by atoms with Crippen molar-refractivity contribution in [1.29, 1.82) is 0 Å². The van der Waals surface area contributed by atoms with Crippen molar-refractivity contribution in [2.75, 3.05) is 36.4 Å². The number of hydrogen-bond donors (Lipinski definition) is 1. The molecule has 2 aliphatic heterocycles. The van der Waals surface area contributed by atoms with Gasteiger partial charge in [-0.3, -0.25) is 9.59 Å². The molecule has 0 radical (unpaired) electrons. The summed E-state index contributed by atoms with van der Waals surface area (Å²) in [5.74, 6) is 0.723. The third kappa shape index (κ3) is 4.66. The summed E-state index contributed by atoms with van der Waals surface area (Å²) >= 11 is 6.14. The molecule has 1 N–H and O–H groups in total. The molecule has 2 amide bonds. The number of halogens is 1. The molecule has 0 saturated carbocycles. The van der Waals surface area contributed by atoms with Crippen LogP contribution < -0.4 is 10.2 Å². The molecule has 5 nitrogen and oxygen atoms in total. The lowest BCUT2D eigenvalue weighted by Gasteiger charge is -2.34. The highest BCUT2D eigenvalue weighted by molar-refractivity contribution is 6.31. The molecule has 1 aromatic carbocycles. The van der Waals surface area contributed by atoms with Crippen LogP contribution in [0.3, 0.4) is 0 Å². The van der Waals surface area contributed by atoms with E-state index in [1.807, 2.05) is 18.2 Å². The first-order valence-corrected chi connectivity index (χ1v) is 9.53. The lowest BCUT2D eigenvalue weighted by atomic mass is 9.99. The van der Waals surface area contributed by atoms with Gasteiger partial charge < -0.3 is 15.1 Å². The van der Waals surface area contributed by atoms with Gasteiger partial charge in [0, 0.05) is 44.0 Å². The van der Waals surface area contributed by atoms with Gasteiger partial charge >= 0.3 is 0 Å². The quantitative estimate of drug-likeness (QED) is 0.870. The Kier molecular flexibility index (Phi) is 5.84. The van der Waals surface area contributed by atoms with Crippen molar-refractivity contribution >= 4 is 34.8 Å². The molecule has 1 aromatic rings. The standard InChI is InChI=1S/C19H26ClN3O2/c1-14-4-2-10-23(13-14)17-7-6-15(20)12-16(17)21-18(24)8-11-22-9-3-5-19(22)25/h6-7,12,14H,2-5,8-11,13H2,1H3,(H,21,24). The molecule has 1 unspecified atom stereocenters. The Morgan fingerprint density at radius 1 is 1.32 bits per heavy atom. The van der Waals surface area contributed by atoms with Gasteiger partial charge in [-0.2, -0.15) is 0 Å². The summed E-state index contributed by atoms with van der Waals surface area (Å²) in [7, 11) is 0. The second kappa shape index (κ2) is 8.09. The number of hydrogen-bond acceptors (Lipinski definition) is 3. The highest BCUT2D eigenvalue weighted by Crippen LogP contribution is 2.32. The molecule has 136 valence electrons. The first kappa shape index (κ1) is 18.1. The van der Waals surface area contributed by atoms with E-state index in [1.54, 1.807) is 4.90 Å². The molecule has 3 rings (SSSR count). The Morgan fingerprint density at radius 3 is 2.88 bits per heavy atom. The zero-order chi connectivity index (χ0) is 17.8. The molecule has 0 spiro atoms. The van der Waals surface area contributed by atoms with E-state index in [2.05, 4.69) is 17.1 Å². The number of nitrogens with zero attached hydrogens (tertiary/aromatic N) is 2. The van der Waals surface area contributed by atoms with Gasteiger partial charge in [0.2, 0.25) is 11.8 Å². The molecular formula is C19H26ClN3O2. The first-order chi connectivity index (χ1) is 12.0. The Bertz CT molecular complexity index is 650. The fraction of sp³-hybridized carbons (Fsp3) is 0.579. The minimum atomic E-state index is -0.0757. The number of benzene rings is 1. The van der Waals surface area contributed by atoms with E-state index in [1.165, 1.54) is 6.42 Å². The minimum Gasteiger partial charge on any atom is -0.370 e. The maximum absolute atomic E-state index is 12.4. The van der Waals surface area contributed by atoms with Crippen molar-refractivity contribution in [3.05, 3.63) is 23.2 Å². The molecule has 2 saturated heterocycles. The molecule has 6 heteroatoms. The highest BCUT2D eigenvalue weighted by Gasteiger charge is 2.22. The second-order valence-corrected chi connectivity index (χ2v) is 7.57. The van der Waals surface area contributed by atoms with Crippen LogP contribution >= 0.6 is 11.6 Å². The number of rotatable bonds is 5. The Hall–Kier alpha value is -1.75. The van der Waals surface area contributed by atoms with E-state index in [0.29, 0.717) is 30.3 Å². The maximum Gasteiger partial charge on any atom is 0.226 e. The minimum absolute atomic E-state index is 0.0757. The monoisotopic (exact) mass is 363 g/mol. The van der Waals surface area contributed by atoms with Crippen molar-refractivity contribution in [2.45, 2.75) is 39.0 Å². The van der Waals surface area contributed by atoms with Gasteiger partial charge in [0.05, 0.1) is 11.4 Å². The van der Waals surface area contributed by atoms with Crippen LogP contribution in [0.5, 0.6) is 0 Å². The SMILES string of the molecule is CC1CCCN(c2ccc(Cl)cc2NC(=O)CCN2CCCC2=O)C1. The van der Waals surface area contributed by atoms with Gasteiger partial charge in [-0.1, -0.05) is 18.5 Å². The van der Waals surface area contributed by atoms with Gasteiger partial charge in [0.1, 0.15) is 0 Å². The van der Waals surface area contributed by atoms with Gasteiger partial charge in [-0.15, -0.1) is 0 Å². The molecule has 2 aliphatic rings. The molecule has 25 heavy (non-hydrogen) atoms. The van der Waals surface area contributed by atoms with E-state index in [0.717, 1.165) is 43.9 Å². The summed E-state index contributed by atoms with van der Waals surface area (Å²) < 4.78 is 0. The summed E-state index contributed by atoms with van der Waals surface area (Å²) in [6, 6.07) is 5.67. The van der Waals surface area contributed by atoms with Crippen molar-refractivity contribution < 1.29 is 9.59 Å². The normalized spacial score (nSPS) is 20.9. The fourth-order valence-corrected chi connectivity index (χ4v) is 3.85. The van der Waals surface area contributed by atoms with E-state index in [-0.39, 0.29) is 11.8 Å². The van der Waals surface area contributed by atoms with Crippen molar-refractivity contribution in [2.24, 2.45) is 5.92 Å². The predicted octanol–water partition coefficient (Wildman–Crippen LogP) is 3.53. The van der Waals surface area contributed by atoms with Gasteiger partial charge in [0.25, 0.3) is 0 Å². The largest absolute Gasteiger partial charge is 0.370 e. The zero-order valence-corrected chi connectivity index (χ0v) is 15.5. The van der Waals surface area contributed by atoms with Gasteiger partial charge in [-0.05, 0) is 43.4 Å². The van der Waals surface area contributed by atoms with E-state index in [9.17, 15) is 9.59 Å². The lowest BCUT2D eigenvalue weighted by molar-refractivity contribution is -0.128. The predicted molar refractivity (Wildman–Crippen MR) is 101 cm³/mol. The van der Waals surface area contributed by atoms with Crippen LogP contribution in [0.4, 0.5) is 11.4 Å². The van der Waals surface area contributed by atoms with Crippen molar-refractivity contribution in [1.82, 2.24) is 4.90 Å². The summed E-state index contributed by atoms with van der Waals surface area (Å²) in [4.78, 5) is 28.1. The molecule has 0 aliphatic carbocycles. The van der Waals surface area contributed by atoms with Crippen molar-refractivity contribution in [3.63, 3.8) is 0 Å². The number of anilines is 2. The molecule has 1 atom stereocenters. The molecular weight excluding hydrogens is 338 g/mol. The summed E-state index contributed by atoms with van der Waals surface area (Å²) in [5.41, 5.74) is 1.79. The Labute approximate surface area is 154 Å². The Morgan fingerprint density at radius 2 is 2.16 bits per heavy atom. The van der Waals surface area contributed by atoms with E-state index < -0.39 is 0 Å². The van der Waals surface area contributed by atoms with Crippen LogP contribution in [0.2, 0.25) is 5.02 Å². The third-order valence-corrected chi connectivity index (χ3v) is 5.25. The zero-order valence-electron chi connectivity index (χ0n) is 14.8. The average molecular weight is 364 g/mol. The molecule has 0 aromatic heterocycles. The molecule has 2 fully saturated rings. The van der Waals surface area contributed by atoms with Crippen molar-refractivity contribution in [3.8, 4) is 0 Å². The fourth-order valence-electron chi connectivity index (χ4n) is 3.68. The second-order valence-electron chi connectivity index (χ2n) is 7.14. The van der Waals surface area contributed by atoms with Crippen LogP contribution in [0.15, 0.2) is 18.2 Å². The topological polar surface area (TPSA) is 52.7 Å². The summed E-state index contributed by atoms with van der Waals surface area (Å²) in [5, 5.41) is 3.61.